The fourth-order valence-electron chi connectivity index (χ4n) is 1.24. The van der Waals surface area contributed by atoms with E-state index < -0.39 is 0 Å². The number of rotatable bonds is 4. The van der Waals surface area contributed by atoms with E-state index in [0.29, 0.717) is 6.54 Å². The van der Waals surface area contributed by atoms with Gasteiger partial charge < -0.3 is 5.73 Å². The van der Waals surface area contributed by atoms with Crippen LogP contribution in [0, 0.1) is 0 Å². The Morgan fingerprint density at radius 3 is 2.94 bits per heavy atom. The molecule has 2 heterocycles. The van der Waals surface area contributed by atoms with Crippen LogP contribution in [0.1, 0.15) is 10.1 Å². The van der Waals surface area contributed by atoms with E-state index in [1.54, 1.807) is 34.1 Å². The molecule has 0 aromatic carbocycles. The van der Waals surface area contributed by atoms with Gasteiger partial charge in [0.25, 0.3) is 0 Å². The molecular formula is C9H11BrN4S2. The summed E-state index contributed by atoms with van der Waals surface area (Å²) >= 11 is 6.81. The fourth-order valence-corrected chi connectivity index (χ4v) is 3.80. The molecule has 1 atom stereocenters. The molecule has 2 rings (SSSR count). The predicted octanol–water partition coefficient (Wildman–Crippen LogP) is 2.43. The number of nitrogens with zero attached hydrogens (tertiary/aromatic N) is 3. The first-order valence-electron chi connectivity index (χ1n) is 4.66. The SMILES string of the molecule is Cn1ncnc1SC(CN)c1ccc(Br)s1. The van der Waals surface area contributed by atoms with Crippen molar-refractivity contribution in [3.05, 3.63) is 27.1 Å². The average Bonchev–Trinajstić information content (AvgIpc) is 2.85. The Bertz CT molecular complexity index is 468. The number of aryl methyl sites for hydroxylation is 1. The van der Waals surface area contributed by atoms with Gasteiger partial charge in [-0.05, 0) is 28.1 Å². The van der Waals surface area contributed by atoms with Gasteiger partial charge >= 0.3 is 0 Å². The molecule has 2 N–H and O–H groups in total. The van der Waals surface area contributed by atoms with Crippen LogP contribution < -0.4 is 5.73 Å². The first-order valence-corrected chi connectivity index (χ1v) is 7.15. The second-order valence-corrected chi connectivity index (χ2v) is 6.81. The monoisotopic (exact) mass is 318 g/mol. The highest BCUT2D eigenvalue weighted by molar-refractivity contribution is 9.11. The molecule has 0 bridgehead atoms. The second kappa shape index (κ2) is 5.31. The normalized spacial score (nSPS) is 12.9. The van der Waals surface area contributed by atoms with E-state index in [9.17, 15) is 0 Å². The van der Waals surface area contributed by atoms with Gasteiger partial charge in [0.15, 0.2) is 5.16 Å². The highest BCUT2D eigenvalue weighted by atomic mass is 79.9. The Hall–Kier alpha value is -0.370. The summed E-state index contributed by atoms with van der Waals surface area (Å²) in [5, 5.41) is 5.17. The first kappa shape index (κ1) is 12.1. The Balaban J connectivity index is 2.15. The summed E-state index contributed by atoms with van der Waals surface area (Å²) in [6.07, 6.45) is 1.56. The molecule has 0 radical (unpaired) electrons. The molecule has 4 nitrogen and oxygen atoms in total. The van der Waals surface area contributed by atoms with Crippen LogP contribution in [0.15, 0.2) is 27.4 Å². The van der Waals surface area contributed by atoms with Gasteiger partial charge in [0.1, 0.15) is 6.33 Å². The minimum absolute atomic E-state index is 0.235. The summed E-state index contributed by atoms with van der Waals surface area (Å²) in [5.74, 6) is 0. The summed E-state index contributed by atoms with van der Waals surface area (Å²) in [5.41, 5.74) is 5.79. The standard InChI is InChI=1S/C9H11BrN4S2/c1-14-9(12-5-13-14)16-7(4-11)6-2-3-8(10)15-6/h2-3,5,7H,4,11H2,1H3. The lowest BCUT2D eigenvalue weighted by Crippen LogP contribution is -2.09. The van der Waals surface area contributed by atoms with Gasteiger partial charge in [0, 0.05) is 18.5 Å². The molecule has 16 heavy (non-hydrogen) atoms. The fraction of sp³-hybridized carbons (Fsp3) is 0.333. The van der Waals surface area contributed by atoms with Crippen LogP contribution in [0.5, 0.6) is 0 Å². The molecule has 0 aliphatic rings. The Morgan fingerprint density at radius 2 is 2.44 bits per heavy atom. The Morgan fingerprint density at radius 1 is 1.62 bits per heavy atom. The third-order valence-corrected chi connectivity index (χ3v) is 5.24. The molecule has 2 aromatic rings. The first-order chi connectivity index (χ1) is 7.70. The zero-order valence-corrected chi connectivity index (χ0v) is 11.8. The smallest absolute Gasteiger partial charge is 0.186 e. The van der Waals surface area contributed by atoms with Crippen molar-refractivity contribution >= 4 is 39.0 Å². The van der Waals surface area contributed by atoms with Crippen LogP contribution in [-0.4, -0.2) is 21.3 Å². The van der Waals surface area contributed by atoms with Crippen molar-refractivity contribution in [1.29, 1.82) is 0 Å². The van der Waals surface area contributed by atoms with E-state index in [1.165, 1.54) is 4.88 Å². The van der Waals surface area contributed by atoms with Crippen molar-refractivity contribution in [1.82, 2.24) is 14.8 Å². The van der Waals surface area contributed by atoms with Gasteiger partial charge in [0.2, 0.25) is 0 Å². The van der Waals surface area contributed by atoms with Gasteiger partial charge in [-0.1, -0.05) is 11.8 Å². The lowest BCUT2D eigenvalue weighted by atomic mass is 10.3. The number of aromatic nitrogens is 3. The maximum atomic E-state index is 5.79. The van der Waals surface area contributed by atoms with E-state index in [2.05, 4.69) is 32.1 Å². The summed E-state index contributed by atoms with van der Waals surface area (Å²) in [7, 11) is 1.88. The highest BCUT2D eigenvalue weighted by Crippen LogP contribution is 2.37. The second-order valence-electron chi connectivity index (χ2n) is 3.15. The van der Waals surface area contributed by atoms with E-state index in [4.69, 9.17) is 5.73 Å². The molecule has 1 unspecified atom stereocenters. The molecule has 86 valence electrons. The van der Waals surface area contributed by atoms with E-state index in [-0.39, 0.29) is 5.25 Å². The third kappa shape index (κ3) is 2.65. The summed E-state index contributed by atoms with van der Waals surface area (Å²) in [6, 6.07) is 4.13. The molecule has 0 spiro atoms. The van der Waals surface area contributed by atoms with Crippen LogP contribution in [0.3, 0.4) is 0 Å². The van der Waals surface area contributed by atoms with Gasteiger partial charge in [-0.25, -0.2) is 9.67 Å². The molecule has 0 fully saturated rings. The van der Waals surface area contributed by atoms with Crippen LogP contribution in [0.4, 0.5) is 0 Å². The molecule has 0 aliphatic carbocycles. The lowest BCUT2D eigenvalue weighted by molar-refractivity contribution is 0.683. The van der Waals surface area contributed by atoms with Crippen LogP contribution in [0.2, 0.25) is 0 Å². The zero-order valence-electron chi connectivity index (χ0n) is 8.63. The number of thioether (sulfide) groups is 1. The van der Waals surface area contributed by atoms with Crippen molar-refractivity contribution in [3.8, 4) is 0 Å². The van der Waals surface area contributed by atoms with Crippen molar-refractivity contribution in [2.75, 3.05) is 6.54 Å². The Kier molecular flexibility index (Phi) is 4.01. The Labute approximate surface area is 110 Å². The molecule has 0 amide bonds. The van der Waals surface area contributed by atoms with E-state index >= 15 is 0 Å². The third-order valence-electron chi connectivity index (χ3n) is 2.04. The average molecular weight is 319 g/mol. The number of hydrogen-bond acceptors (Lipinski definition) is 5. The molecule has 7 heteroatoms. The quantitative estimate of drug-likeness (QED) is 0.880. The number of hydrogen-bond donors (Lipinski definition) is 1. The van der Waals surface area contributed by atoms with Crippen molar-refractivity contribution in [2.45, 2.75) is 10.4 Å². The van der Waals surface area contributed by atoms with Crippen molar-refractivity contribution in [3.63, 3.8) is 0 Å². The highest BCUT2D eigenvalue weighted by Gasteiger charge is 2.16. The number of halogens is 1. The number of nitrogens with two attached hydrogens (primary N) is 1. The summed E-state index contributed by atoms with van der Waals surface area (Å²) in [4.78, 5) is 5.44. The maximum absolute atomic E-state index is 5.79. The lowest BCUT2D eigenvalue weighted by Gasteiger charge is -2.11. The minimum Gasteiger partial charge on any atom is -0.329 e. The van der Waals surface area contributed by atoms with Gasteiger partial charge in [-0.2, -0.15) is 5.10 Å². The van der Waals surface area contributed by atoms with Gasteiger partial charge in [-0.15, -0.1) is 11.3 Å². The zero-order chi connectivity index (χ0) is 11.5. The molecule has 0 saturated carbocycles. The molecular weight excluding hydrogens is 308 g/mol. The van der Waals surface area contributed by atoms with E-state index in [1.807, 2.05) is 13.1 Å². The van der Waals surface area contributed by atoms with Gasteiger partial charge in [-0.3, -0.25) is 0 Å². The van der Waals surface area contributed by atoms with Crippen LogP contribution in [-0.2, 0) is 7.05 Å². The largest absolute Gasteiger partial charge is 0.329 e. The molecule has 0 aliphatic heterocycles. The molecule has 0 saturated heterocycles. The maximum Gasteiger partial charge on any atom is 0.186 e. The van der Waals surface area contributed by atoms with Crippen molar-refractivity contribution < 1.29 is 0 Å². The topological polar surface area (TPSA) is 56.7 Å². The summed E-state index contributed by atoms with van der Waals surface area (Å²) in [6.45, 7) is 0.588. The number of thiophene rings is 1. The van der Waals surface area contributed by atoms with Crippen LogP contribution in [0.25, 0.3) is 0 Å². The summed E-state index contributed by atoms with van der Waals surface area (Å²) < 4.78 is 2.88. The van der Waals surface area contributed by atoms with Crippen molar-refractivity contribution in [2.24, 2.45) is 12.8 Å². The predicted molar refractivity (Wildman–Crippen MR) is 70.7 cm³/mol. The van der Waals surface area contributed by atoms with E-state index in [0.717, 1.165) is 8.94 Å². The van der Waals surface area contributed by atoms with Crippen LogP contribution >= 0.6 is 39.0 Å². The van der Waals surface area contributed by atoms with Gasteiger partial charge in [0.05, 0.1) is 9.04 Å². The minimum atomic E-state index is 0.235. The molecule has 2 aromatic heterocycles.